The molecule has 0 aliphatic carbocycles. The summed E-state index contributed by atoms with van der Waals surface area (Å²) in [5.74, 6) is 4.48. The van der Waals surface area contributed by atoms with Gasteiger partial charge in [0.2, 0.25) is 0 Å². The van der Waals surface area contributed by atoms with Crippen LogP contribution in [0.1, 0.15) is 208 Å². The summed E-state index contributed by atoms with van der Waals surface area (Å²) in [6.45, 7) is 35.8. The fraction of sp³-hybridized carbons (Fsp3) is 0.591. The van der Waals surface area contributed by atoms with E-state index in [1.165, 1.54) is 27.3 Å². The van der Waals surface area contributed by atoms with E-state index >= 15 is 0 Å². The van der Waals surface area contributed by atoms with Gasteiger partial charge < -0.3 is 9.26 Å². The van der Waals surface area contributed by atoms with Gasteiger partial charge in [-0.15, -0.1) is 0 Å². The van der Waals surface area contributed by atoms with Crippen LogP contribution in [0.4, 0.5) is 8.78 Å². The van der Waals surface area contributed by atoms with E-state index in [0.717, 1.165) is 23.3 Å². The van der Waals surface area contributed by atoms with Gasteiger partial charge in [-0.2, -0.15) is 4.37 Å². The standard InChI is InChI=1S/C14H22O.C12H16F2.C9H15NO.C9H15NS/c1-9(2)12-8-13(10(3)4)14(15-6)7-11(12)5;1-7(2)9-5-10(8(3)4)12(14)6-11(9)13;2*1-6(2)8-5-9(7(3)4)11-10-8/h7-10H,1-6H3;5-8H,1-4H3;2*5-7H,1-4H3. The molecule has 51 heavy (non-hydrogen) atoms. The Bertz CT molecular complexity index is 1470. The summed E-state index contributed by atoms with van der Waals surface area (Å²) in [6, 6.07) is 11.3. The average molecular weight is 727 g/mol. The molecule has 0 bridgehead atoms. The van der Waals surface area contributed by atoms with Gasteiger partial charge in [-0.3, -0.25) is 0 Å². The van der Waals surface area contributed by atoms with Gasteiger partial charge in [0.1, 0.15) is 23.1 Å². The maximum Gasteiger partial charge on any atom is 0.139 e. The van der Waals surface area contributed by atoms with Gasteiger partial charge in [-0.05, 0) is 106 Å². The zero-order valence-corrected chi connectivity index (χ0v) is 35.8. The number of benzene rings is 2. The van der Waals surface area contributed by atoms with E-state index in [2.05, 4.69) is 118 Å². The monoisotopic (exact) mass is 726 g/mol. The summed E-state index contributed by atoms with van der Waals surface area (Å²) in [7, 11) is 1.75. The van der Waals surface area contributed by atoms with Crippen LogP contribution in [0.3, 0.4) is 0 Å². The van der Waals surface area contributed by atoms with Crippen molar-refractivity contribution < 1.29 is 18.0 Å². The third kappa shape index (κ3) is 14.5. The van der Waals surface area contributed by atoms with Gasteiger partial charge in [-0.25, -0.2) is 8.78 Å². The lowest BCUT2D eigenvalue weighted by Gasteiger charge is -2.17. The summed E-state index contributed by atoms with van der Waals surface area (Å²) in [5.41, 5.74) is 7.54. The molecule has 0 N–H and O–H groups in total. The quantitative estimate of drug-likeness (QED) is 0.172. The summed E-state index contributed by atoms with van der Waals surface area (Å²) in [5, 5.41) is 3.96. The van der Waals surface area contributed by atoms with Gasteiger partial charge in [0.25, 0.3) is 0 Å². The lowest BCUT2D eigenvalue weighted by Crippen LogP contribution is -2.00. The highest BCUT2D eigenvalue weighted by molar-refractivity contribution is 7.05. The molecule has 0 unspecified atom stereocenters. The van der Waals surface area contributed by atoms with Gasteiger partial charge in [0, 0.05) is 22.9 Å². The Labute approximate surface area is 314 Å². The molecule has 0 fully saturated rings. The smallest absolute Gasteiger partial charge is 0.139 e. The number of nitrogens with zero attached hydrogens (tertiary/aromatic N) is 2. The largest absolute Gasteiger partial charge is 0.496 e. The Balaban J connectivity index is 0.000000343. The lowest BCUT2D eigenvalue weighted by atomic mass is 9.91. The van der Waals surface area contributed by atoms with Crippen LogP contribution >= 0.6 is 11.5 Å². The number of aryl methyl sites for hydroxylation is 1. The number of aromatic nitrogens is 2. The van der Waals surface area contributed by atoms with E-state index in [0.29, 0.717) is 46.6 Å². The van der Waals surface area contributed by atoms with Crippen LogP contribution in [0.15, 0.2) is 40.9 Å². The topological polar surface area (TPSA) is 48.2 Å². The molecule has 2 aromatic carbocycles. The van der Waals surface area contributed by atoms with Crippen molar-refractivity contribution in [1.29, 1.82) is 0 Å². The zero-order chi connectivity index (χ0) is 39.3. The molecule has 4 aromatic rings. The summed E-state index contributed by atoms with van der Waals surface area (Å²) in [4.78, 5) is 1.40. The fourth-order valence-corrected chi connectivity index (χ4v) is 5.99. The SMILES string of the molecule is CC(C)c1cc(C(C)C)c(F)cc1F.CC(C)c1cc(C(C)C)on1.CC(C)c1cc(C(C)C)sn1.COc1cc(C)c(C(C)C)cc1C(C)C. The number of hydrogen-bond acceptors (Lipinski definition) is 5. The Hall–Kier alpha value is -3.06. The lowest BCUT2D eigenvalue weighted by molar-refractivity contribution is 0.363. The maximum absolute atomic E-state index is 13.3. The average Bonchev–Trinajstić information content (AvgIpc) is 3.73. The maximum atomic E-state index is 13.3. The Morgan fingerprint density at radius 2 is 1.00 bits per heavy atom. The molecular formula is C44H68F2N2O2S. The van der Waals surface area contributed by atoms with Crippen molar-refractivity contribution in [2.24, 2.45) is 0 Å². The molecule has 0 spiro atoms. The molecule has 0 atom stereocenters. The normalized spacial score (nSPS) is 11.4. The van der Waals surface area contributed by atoms with E-state index in [4.69, 9.17) is 9.26 Å². The van der Waals surface area contributed by atoms with Crippen LogP contribution in [0.5, 0.6) is 5.75 Å². The van der Waals surface area contributed by atoms with Crippen molar-refractivity contribution >= 4 is 11.5 Å². The first-order valence-corrected chi connectivity index (χ1v) is 19.5. The van der Waals surface area contributed by atoms with Gasteiger partial charge in [0.15, 0.2) is 0 Å². The highest BCUT2D eigenvalue weighted by Crippen LogP contribution is 2.32. The molecule has 4 nitrogen and oxygen atoms in total. The molecule has 0 aliphatic rings. The van der Waals surface area contributed by atoms with E-state index in [-0.39, 0.29) is 11.8 Å². The predicted molar refractivity (Wildman–Crippen MR) is 215 cm³/mol. The third-order valence-electron chi connectivity index (χ3n) is 8.64. The molecule has 0 saturated heterocycles. The molecule has 286 valence electrons. The molecule has 4 rings (SSSR count). The number of rotatable bonds is 9. The number of hydrogen-bond donors (Lipinski definition) is 0. The van der Waals surface area contributed by atoms with Crippen LogP contribution in [-0.2, 0) is 0 Å². The second-order valence-electron chi connectivity index (χ2n) is 15.9. The number of methoxy groups -OCH3 is 1. The van der Waals surface area contributed by atoms with Crippen LogP contribution in [0.25, 0.3) is 0 Å². The minimum Gasteiger partial charge on any atom is -0.496 e. The number of halogens is 2. The molecule has 0 saturated carbocycles. The molecule has 2 heterocycles. The minimum absolute atomic E-state index is 0.0908. The fourth-order valence-electron chi connectivity index (χ4n) is 5.13. The van der Waals surface area contributed by atoms with Crippen LogP contribution in [-0.4, -0.2) is 16.6 Å². The van der Waals surface area contributed by atoms with Crippen molar-refractivity contribution in [2.75, 3.05) is 7.11 Å². The first-order chi connectivity index (χ1) is 23.6. The third-order valence-corrected chi connectivity index (χ3v) is 9.74. The Morgan fingerprint density at radius 1 is 0.529 bits per heavy atom. The summed E-state index contributed by atoms with van der Waals surface area (Å²) in [6.07, 6.45) is 0. The summed E-state index contributed by atoms with van der Waals surface area (Å²) < 4.78 is 41.5. The van der Waals surface area contributed by atoms with Crippen molar-refractivity contribution in [2.45, 2.75) is 165 Å². The molecule has 7 heteroatoms. The van der Waals surface area contributed by atoms with Crippen molar-refractivity contribution in [3.8, 4) is 5.75 Å². The Kier molecular flexibility index (Phi) is 19.3. The van der Waals surface area contributed by atoms with E-state index in [1.807, 2.05) is 33.8 Å². The summed E-state index contributed by atoms with van der Waals surface area (Å²) >= 11 is 1.64. The van der Waals surface area contributed by atoms with Crippen LogP contribution in [0, 0.1) is 18.6 Å². The van der Waals surface area contributed by atoms with Crippen molar-refractivity contribution in [3.05, 3.63) is 97.9 Å². The van der Waals surface area contributed by atoms with Crippen molar-refractivity contribution in [1.82, 2.24) is 9.53 Å². The van der Waals surface area contributed by atoms with Gasteiger partial charge in [-0.1, -0.05) is 122 Å². The molecule has 0 radical (unpaired) electrons. The van der Waals surface area contributed by atoms with Crippen LogP contribution in [0.2, 0.25) is 0 Å². The predicted octanol–water partition coefficient (Wildman–Crippen LogP) is 14.8. The first-order valence-electron chi connectivity index (χ1n) is 18.7. The van der Waals surface area contributed by atoms with Gasteiger partial charge in [0.05, 0.1) is 18.5 Å². The molecular weight excluding hydrogens is 659 g/mol. The van der Waals surface area contributed by atoms with E-state index in [1.54, 1.807) is 24.7 Å². The molecule has 2 aromatic heterocycles. The molecule has 0 amide bonds. The number of ether oxygens (including phenoxy) is 1. The van der Waals surface area contributed by atoms with E-state index < -0.39 is 11.6 Å². The minimum atomic E-state index is -0.443. The zero-order valence-electron chi connectivity index (χ0n) is 35.0. The second-order valence-corrected chi connectivity index (χ2v) is 16.7. The van der Waals surface area contributed by atoms with E-state index in [9.17, 15) is 8.78 Å². The highest BCUT2D eigenvalue weighted by atomic mass is 32.1. The highest BCUT2D eigenvalue weighted by Gasteiger charge is 2.15. The first kappa shape index (κ1) is 46.0. The molecule has 0 aliphatic heterocycles. The van der Waals surface area contributed by atoms with Crippen molar-refractivity contribution in [3.63, 3.8) is 0 Å². The van der Waals surface area contributed by atoms with Crippen LogP contribution < -0.4 is 4.74 Å². The van der Waals surface area contributed by atoms with Gasteiger partial charge >= 0.3 is 0 Å². The Morgan fingerprint density at radius 3 is 1.31 bits per heavy atom. The second kappa shape index (κ2) is 21.5.